The third-order valence-electron chi connectivity index (χ3n) is 1.66. The highest BCUT2D eigenvalue weighted by molar-refractivity contribution is 5.69. The van der Waals surface area contributed by atoms with Gasteiger partial charge in [-0.25, -0.2) is 0 Å². The maximum Gasteiger partial charge on any atom is 0.308 e. The third kappa shape index (κ3) is 8.01. The van der Waals surface area contributed by atoms with E-state index < -0.39 is 6.10 Å². The molecule has 0 spiro atoms. The number of unbranched alkanes of at least 4 members (excludes halogenated alkanes) is 1. The fourth-order valence-electron chi connectivity index (χ4n) is 0.937. The molecule has 0 aromatic heterocycles. The third-order valence-corrected chi connectivity index (χ3v) is 1.66. The molecule has 84 valence electrons. The second kappa shape index (κ2) is 8.97. The molecule has 0 saturated carbocycles. The summed E-state index contributed by atoms with van der Waals surface area (Å²) < 4.78 is 9.84. The Balaban J connectivity index is 3.35. The number of esters is 1. The summed E-state index contributed by atoms with van der Waals surface area (Å²) in [4.78, 5) is 10.9. The summed E-state index contributed by atoms with van der Waals surface area (Å²) in [5.41, 5.74) is 0. The van der Waals surface area contributed by atoms with Crippen molar-refractivity contribution in [2.75, 3.05) is 19.8 Å². The zero-order valence-corrected chi connectivity index (χ0v) is 8.99. The Morgan fingerprint density at radius 3 is 2.71 bits per heavy atom. The van der Waals surface area contributed by atoms with Crippen LogP contribution in [0.25, 0.3) is 0 Å². The van der Waals surface area contributed by atoms with Gasteiger partial charge in [-0.3, -0.25) is 4.79 Å². The molecule has 0 amide bonds. The molecule has 0 heterocycles. The second-order valence-corrected chi connectivity index (χ2v) is 3.09. The van der Waals surface area contributed by atoms with Gasteiger partial charge >= 0.3 is 5.97 Å². The summed E-state index contributed by atoms with van der Waals surface area (Å²) in [6.45, 7) is 5.00. The van der Waals surface area contributed by atoms with Gasteiger partial charge in [0.1, 0.15) is 0 Å². The van der Waals surface area contributed by atoms with E-state index in [-0.39, 0.29) is 19.0 Å². The number of ether oxygens (including phenoxy) is 2. The molecule has 14 heavy (non-hydrogen) atoms. The molecule has 0 aromatic rings. The van der Waals surface area contributed by atoms with Crippen molar-refractivity contribution in [1.29, 1.82) is 0 Å². The smallest absolute Gasteiger partial charge is 0.308 e. The van der Waals surface area contributed by atoms with Crippen LogP contribution in [0, 0.1) is 0 Å². The van der Waals surface area contributed by atoms with Crippen molar-refractivity contribution in [3.05, 3.63) is 0 Å². The predicted molar refractivity (Wildman–Crippen MR) is 53.0 cm³/mol. The molecule has 0 radical (unpaired) electrons. The van der Waals surface area contributed by atoms with Crippen LogP contribution in [0.1, 0.15) is 33.1 Å². The van der Waals surface area contributed by atoms with Crippen molar-refractivity contribution in [1.82, 2.24) is 0 Å². The Morgan fingerprint density at radius 2 is 2.14 bits per heavy atom. The molecule has 0 bridgehead atoms. The minimum atomic E-state index is -0.745. The summed E-state index contributed by atoms with van der Waals surface area (Å²) in [6, 6.07) is 0. The molecule has 0 aromatic carbocycles. The average Bonchev–Trinajstić information content (AvgIpc) is 2.13. The zero-order chi connectivity index (χ0) is 10.8. The van der Waals surface area contributed by atoms with Gasteiger partial charge in [0.15, 0.2) is 0 Å². The van der Waals surface area contributed by atoms with Crippen molar-refractivity contribution in [3.63, 3.8) is 0 Å². The molecule has 4 nitrogen and oxygen atoms in total. The highest BCUT2D eigenvalue weighted by Crippen LogP contribution is 1.97. The molecular formula is C10H20O4. The SMILES string of the molecule is CCCCOCC(O)CC(=O)OCC. The maximum atomic E-state index is 10.9. The molecule has 1 N–H and O–H groups in total. The number of hydrogen-bond donors (Lipinski definition) is 1. The van der Waals surface area contributed by atoms with Crippen molar-refractivity contribution in [2.24, 2.45) is 0 Å². The lowest BCUT2D eigenvalue weighted by molar-refractivity contribution is -0.146. The van der Waals surface area contributed by atoms with Gasteiger partial charge in [-0.05, 0) is 13.3 Å². The van der Waals surface area contributed by atoms with E-state index in [2.05, 4.69) is 11.7 Å². The van der Waals surface area contributed by atoms with Crippen LogP contribution in [0.2, 0.25) is 0 Å². The summed E-state index contributed by atoms with van der Waals surface area (Å²) in [6.07, 6.45) is 1.31. The van der Waals surface area contributed by atoms with Crippen LogP contribution < -0.4 is 0 Å². The van der Waals surface area contributed by atoms with Gasteiger partial charge in [-0.2, -0.15) is 0 Å². The van der Waals surface area contributed by atoms with Crippen LogP contribution in [0.3, 0.4) is 0 Å². The van der Waals surface area contributed by atoms with Gasteiger partial charge in [-0.15, -0.1) is 0 Å². The van der Waals surface area contributed by atoms with Gasteiger partial charge in [0, 0.05) is 6.61 Å². The summed E-state index contributed by atoms with van der Waals surface area (Å²) in [5.74, 6) is -0.376. The van der Waals surface area contributed by atoms with Crippen LogP contribution in [0.15, 0.2) is 0 Å². The summed E-state index contributed by atoms with van der Waals surface area (Å²) in [5, 5.41) is 9.32. The molecule has 0 saturated heterocycles. The van der Waals surface area contributed by atoms with E-state index >= 15 is 0 Å². The summed E-state index contributed by atoms with van der Waals surface area (Å²) in [7, 11) is 0. The second-order valence-electron chi connectivity index (χ2n) is 3.09. The first-order valence-electron chi connectivity index (χ1n) is 5.12. The quantitative estimate of drug-likeness (QED) is 0.475. The predicted octanol–water partition coefficient (Wildman–Crippen LogP) is 1.12. The number of hydrogen-bond acceptors (Lipinski definition) is 4. The first kappa shape index (κ1) is 13.4. The van der Waals surface area contributed by atoms with Gasteiger partial charge in [0.05, 0.1) is 25.7 Å². The topological polar surface area (TPSA) is 55.8 Å². The lowest BCUT2D eigenvalue weighted by Crippen LogP contribution is -2.21. The van der Waals surface area contributed by atoms with E-state index in [1.807, 2.05) is 0 Å². The first-order chi connectivity index (χ1) is 6.70. The van der Waals surface area contributed by atoms with Crippen molar-refractivity contribution >= 4 is 5.97 Å². The number of rotatable bonds is 8. The number of carbonyl (C=O) groups is 1. The molecule has 1 unspecified atom stereocenters. The van der Waals surface area contributed by atoms with E-state index in [9.17, 15) is 9.90 Å². The Bertz CT molecular complexity index is 147. The van der Waals surface area contributed by atoms with Gasteiger partial charge in [0.2, 0.25) is 0 Å². The Hall–Kier alpha value is -0.610. The van der Waals surface area contributed by atoms with E-state index in [0.717, 1.165) is 12.8 Å². The molecule has 0 aliphatic carbocycles. The number of aliphatic hydroxyl groups excluding tert-OH is 1. The molecular weight excluding hydrogens is 184 g/mol. The highest BCUT2D eigenvalue weighted by atomic mass is 16.5. The fourth-order valence-corrected chi connectivity index (χ4v) is 0.937. The van der Waals surface area contributed by atoms with Crippen molar-refractivity contribution in [2.45, 2.75) is 39.2 Å². The van der Waals surface area contributed by atoms with Crippen molar-refractivity contribution in [3.8, 4) is 0 Å². The Labute approximate surface area is 85.2 Å². The van der Waals surface area contributed by atoms with E-state index in [0.29, 0.717) is 13.2 Å². The summed E-state index contributed by atoms with van der Waals surface area (Å²) >= 11 is 0. The normalized spacial score (nSPS) is 12.5. The monoisotopic (exact) mass is 204 g/mol. The van der Waals surface area contributed by atoms with Gasteiger partial charge in [-0.1, -0.05) is 13.3 Å². The van der Waals surface area contributed by atoms with E-state index in [1.54, 1.807) is 6.92 Å². The molecule has 1 atom stereocenters. The minimum absolute atomic E-state index is 0.0139. The molecule has 0 rings (SSSR count). The molecule has 0 aliphatic rings. The Morgan fingerprint density at radius 1 is 1.43 bits per heavy atom. The van der Waals surface area contributed by atoms with Gasteiger partial charge < -0.3 is 14.6 Å². The largest absolute Gasteiger partial charge is 0.466 e. The van der Waals surface area contributed by atoms with Crippen LogP contribution in [-0.4, -0.2) is 37.0 Å². The Kier molecular flexibility index (Phi) is 8.57. The highest BCUT2D eigenvalue weighted by Gasteiger charge is 2.11. The average molecular weight is 204 g/mol. The molecule has 0 fully saturated rings. The number of aliphatic hydroxyl groups is 1. The van der Waals surface area contributed by atoms with Crippen LogP contribution in [0.4, 0.5) is 0 Å². The van der Waals surface area contributed by atoms with Crippen LogP contribution in [0.5, 0.6) is 0 Å². The van der Waals surface area contributed by atoms with Crippen molar-refractivity contribution < 1.29 is 19.4 Å². The van der Waals surface area contributed by atoms with Crippen LogP contribution >= 0.6 is 0 Å². The van der Waals surface area contributed by atoms with E-state index in [4.69, 9.17) is 4.74 Å². The van der Waals surface area contributed by atoms with Crippen LogP contribution in [-0.2, 0) is 14.3 Å². The zero-order valence-electron chi connectivity index (χ0n) is 8.99. The standard InChI is InChI=1S/C10H20O4/c1-3-5-6-13-8-9(11)7-10(12)14-4-2/h9,11H,3-8H2,1-2H3. The minimum Gasteiger partial charge on any atom is -0.466 e. The molecule has 0 aliphatic heterocycles. The number of carbonyl (C=O) groups excluding carboxylic acids is 1. The lowest BCUT2D eigenvalue weighted by Gasteiger charge is -2.10. The molecule has 4 heteroatoms. The first-order valence-corrected chi connectivity index (χ1v) is 5.12. The fraction of sp³-hybridized carbons (Fsp3) is 0.900. The van der Waals surface area contributed by atoms with Gasteiger partial charge in [0.25, 0.3) is 0 Å². The lowest BCUT2D eigenvalue weighted by atomic mass is 10.3. The van der Waals surface area contributed by atoms with E-state index in [1.165, 1.54) is 0 Å². The maximum absolute atomic E-state index is 10.9.